The molecule has 1 saturated heterocycles. The summed E-state index contributed by atoms with van der Waals surface area (Å²) in [5.74, 6) is 0. The van der Waals surface area contributed by atoms with Crippen molar-refractivity contribution in [3.8, 4) is 0 Å². The van der Waals surface area contributed by atoms with Crippen LogP contribution in [0, 0.1) is 6.92 Å². The maximum Gasteiger partial charge on any atom is 0.00419 e. The van der Waals surface area contributed by atoms with Gasteiger partial charge in [-0.15, -0.1) is 0 Å². The average molecular weight is 288 g/mol. The number of likely N-dealkylation sites (tertiary alicyclic amines) is 1. The normalized spacial score (nSPS) is 17.8. The summed E-state index contributed by atoms with van der Waals surface area (Å²) in [6, 6.07) is 9.51. The van der Waals surface area contributed by atoms with Crippen LogP contribution in [-0.4, -0.2) is 37.1 Å². The van der Waals surface area contributed by atoms with Gasteiger partial charge in [0.15, 0.2) is 0 Å². The van der Waals surface area contributed by atoms with E-state index in [9.17, 15) is 0 Å². The number of nitrogens with one attached hydrogen (secondary N) is 1. The fourth-order valence-electron chi connectivity index (χ4n) is 3.19. The predicted octanol–water partition coefficient (Wildman–Crippen LogP) is 3.78. The summed E-state index contributed by atoms with van der Waals surface area (Å²) in [6.07, 6.45) is 7.94. The molecular weight excluding hydrogens is 256 g/mol. The van der Waals surface area contributed by atoms with Gasteiger partial charge in [0, 0.05) is 6.04 Å². The molecule has 2 nitrogen and oxygen atoms in total. The molecule has 1 aromatic carbocycles. The number of nitrogens with zero attached hydrogens (tertiary/aromatic N) is 1. The second-order valence-corrected chi connectivity index (χ2v) is 6.64. The Kier molecular flexibility index (Phi) is 7.25. The fraction of sp³-hybridized carbons (Fsp3) is 0.684. The molecular formula is C19H32N2. The largest absolute Gasteiger partial charge is 0.314 e. The van der Waals surface area contributed by atoms with Crippen LogP contribution in [0.25, 0.3) is 0 Å². The van der Waals surface area contributed by atoms with Crippen molar-refractivity contribution in [2.75, 3.05) is 26.2 Å². The van der Waals surface area contributed by atoms with Gasteiger partial charge in [0.05, 0.1) is 0 Å². The molecule has 1 unspecified atom stereocenters. The van der Waals surface area contributed by atoms with E-state index in [0.29, 0.717) is 6.04 Å². The number of aryl methyl sites for hydroxylation is 2. The second-order valence-electron chi connectivity index (χ2n) is 6.64. The third kappa shape index (κ3) is 6.62. The van der Waals surface area contributed by atoms with Crippen molar-refractivity contribution in [3.05, 3.63) is 35.4 Å². The Morgan fingerprint density at radius 1 is 1.19 bits per heavy atom. The highest BCUT2D eigenvalue weighted by Gasteiger charge is 2.09. The molecule has 1 fully saturated rings. The third-order valence-corrected chi connectivity index (χ3v) is 4.54. The van der Waals surface area contributed by atoms with Gasteiger partial charge in [0.2, 0.25) is 0 Å². The Morgan fingerprint density at radius 3 is 2.76 bits per heavy atom. The van der Waals surface area contributed by atoms with Gasteiger partial charge in [-0.3, -0.25) is 0 Å². The molecule has 1 aromatic rings. The molecule has 0 saturated carbocycles. The molecule has 2 heteroatoms. The van der Waals surface area contributed by atoms with E-state index in [1.165, 1.54) is 69.3 Å². The Morgan fingerprint density at radius 2 is 2.00 bits per heavy atom. The Labute approximate surface area is 130 Å². The first-order chi connectivity index (χ1) is 10.2. The van der Waals surface area contributed by atoms with Crippen LogP contribution in [0.2, 0.25) is 0 Å². The molecule has 0 spiro atoms. The second kappa shape index (κ2) is 9.22. The van der Waals surface area contributed by atoms with E-state index in [4.69, 9.17) is 0 Å². The summed E-state index contributed by atoms with van der Waals surface area (Å²) >= 11 is 0. The van der Waals surface area contributed by atoms with Crippen LogP contribution in [-0.2, 0) is 6.42 Å². The van der Waals surface area contributed by atoms with E-state index in [0.717, 1.165) is 6.54 Å². The van der Waals surface area contributed by atoms with Crippen molar-refractivity contribution < 1.29 is 0 Å². The summed E-state index contributed by atoms with van der Waals surface area (Å²) in [7, 11) is 0. The van der Waals surface area contributed by atoms with Gasteiger partial charge in [-0.1, -0.05) is 36.2 Å². The molecule has 0 radical (unpaired) electrons. The van der Waals surface area contributed by atoms with Crippen molar-refractivity contribution in [2.24, 2.45) is 0 Å². The Hall–Kier alpha value is -0.860. The number of piperidine rings is 1. The summed E-state index contributed by atoms with van der Waals surface area (Å²) in [5.41, 5.74) is 2.84. The number of benzene rings is 1. The molecule has 118 valence electrons. The Balaban J connectivity index is 1.54. The monoisotopic (exact) mass is 288 g/mol. The van der Waals surface area contributed by atoms with Gasteiger partial charge in [0.1, 0.15) is 0 Å². The van der Waals surface area contributed by atoms with Gasteiger partial charge >= 0.3 is 0 Å². The zero-order valence-corrected chi connectivity index (χ0v) is 13.9. The van der Waals surface area contributed by atoms with Crippen molar-refractivity contribution >= 4 is 0 Å². The van der Waals surface area contributed by atoms with E-state index < -0.39 is 0 Å². The van der Waals surface area contributed by atoms with Gasteiger partial charge in [-0.05, 0) is 77.7 Å². The first-order valence-corrected chi connectivity index (χ1v) is 8.75. The van der Waals surface area contributed by atoms with Crippen LogP contribution in [0.5, 0.6) is 0 Å². The van der Waals surface area contributed by atoms with Crippen molar-refractivity contribution in [2.45, 2.75) is 58.4 Å². The van der Waals surface area contributed by atoms with E-state index in [-0.39, 0.29) is 0 Å². The minimum Gasteiger partial charge on any atom is -0.314 e. The summed E-state index contributed by atoms with van der Waals surface area (Å²) in [6.45, 7) is 9.57. The Bertz CT molecular complexity index is 396. The number of hydrogen-bond acceptors (Lipinski definition) is 2. The molecule has 1 atom stereocenters. The van der Waals surface area contributed by atoms with Crippen LogP contribution < -0.4 is 5.32 Å². The molecule has 0 amide bonds. The molecule has 1 heterocycles. The van der Waals surface area contributed by atoms with E-state index >= 15 is 0 Å². The lowest BCUT2D eigenvalue weighted by Gasteiger charge is -2.26. The zero-order valence-electron chi connectivity index (χ0n) is 13.9. The SMILES string of the molecule is Cc1cccc(CCC(C)NCCCN2CCCCC2)c1. The van der Waals surface area contributed by atoms with Gasteiger partial charge in [-0.2, -0.15) is 0 Å². The van der Waals surface area contributed by atoms with Crippen LogP contribution in [0.15, 0.2) is 24.3 Å². The van der Waals surface area contributed by atoms with Crippen molar-refractivity contribution in [3.63, 3.8) is 0 Å². The summed E-state index contributed by atoms with van der Waals surface area (Å²) in [5, 5.41) is 3.68. The summed E-state index contributed by atoms with van der Waals surface area (Å²) < 4.78 is 0. The zero-order chi connectivity index (χ0) is 14.9. The lowest BCUT2D eigenvalue weighted by molar-refractivity contribution is 0.225. The van der Waals surface area contributed by atoms with Crippen molar-refractivity contribution in [1.82, 2.24) is 10.2 Å². The maximum atomic E-state index is 3.68. The fourth-order valence-corrected chi connectivity index (χ4v) is 3.19. The number of rotatable bonds is 8. The van der Waals surface area contributed by atoms with Crippen molar-refractivity contribution in [1.29, 1.82) is 0 Å². The maximum absolute atomic E-state index is 3.68. The molecule has 1 aliphatic rings. The highest BCUT2D eigenvalue weighted by molar-refractivity contribution is 5.22. The van der Waals surface area contributed by atoms with E-state index in [1.54, 1.807) is 0 Å². The minimum absolute atomic E-state index is 0.617. The quantitative estimate of drug-likeness (QED) is 0.732. The molecule has 1 aliphatic heterocycles. The molecule has 2 rings (SSSR count). The average Bonchev–Trinajstić information content (AvgIpc) is 2.51. The van der Waals surface area contributed by atoms with Gasteiger partial charge < -0.3 is 10.2 Å². The molecule has 1 N–H and O–H groups in total. The highest BCUT2D eigenvalue weighted by atomic mass is 15.1. The summed E-state index contributed by atoms with van der Waals surface area (Å²) in [4.78, 5) is 2.63. The molecule has 21 heavy (non-hydrogen) atoms. The lowest BCUT2D eigenvalue weighted by Crippen LogP contribution is -2.34. The van der Waals surface area contributed by atoms with E-state index in [2.05, 4.69) is 48.3 Å². The van der Waals surface area contributed by atoms with Gasteiger partial charge in [0.25, 0.3) is 0 Å². The molecule has 0 aromatic heterocycles. The predicted molar refractivity (Wildman–Crippen MR) is 91.9 cm³/mol. The van der Waals surface area contributed by atoms with Crippen LogP contribution in [0.3, 0.4) is 0 Å². The van der Waals surface area contributed by atoms with Crippen LogP contribution >= 0.6 is 0 Å². The standard InChI is InChI=1S/C19H32N2/c1-17-8-6-9-19(16-17)11-10-18(2)20-12-7-15-21-13-4-3-5-14-21/h6,8-9,16,18,20H,3-5,7,10-15H2,1-2H3. The van der Waals surface area contributed by atoms with Gasteiger partial charge in [-0.25, -0.2) is 0 Å². The third-order valence-electron chi connectivity index (χ3n) is 4.54. The van der Waals surface area contributed by atoms with Crippen LogP contribution in [0.4, 0.5) is 0 Å². The number of hydrogen-bond donors (Lipinski definition) is 1. The topological polar surface area (TPSA) is 15.3 Å². The molecule has 0 aliphatic carbocycles. The first kappa shape index (κ1) is 16.5. The van der Waals surface area contributed by atoms with Crippen LogP contribution in [0.1, 0.15) is 50.2 Å². The highest BCUT2D eigenvalue weighted by Crippen LogP contribution is 2.09. The van der Waals surface area contributed by atoms with E-state index in [1.807, 2.05) is 0 Å². The minimum atomic E-state index is 0.617. The first-order valence-electron chi connectivity index (χ1n) is 8.75. The smallest absolute Gasteiger partial charge is 0.00419 e. The lowest BCUT2D eigenvalue weighted by atomic mass is 10.0. The molecule has 0 bridgehead atoms.